The summed E-state index contributed by atoms with van der Waals surface area (Å²) in [6, 6.07) is 0. The molecule has 0 saturated heterocycles. The van der Waals surface area contributed by atoms with Gasteiger partial charge in [-0.15, -0.1) is 0 Å². The monoisotopic (exact) mass is 632 g/mol. The lowest BCUT2D eigenvalue weighted by molar-refractivity contribution is -0.132. The Morgan fingerprint density at radius 1 is 0.622 bits per heavy atom. The van der Waals surface area contributed by atoms with Crippen LogP contribution in [0.25, 0.3) is 0 Å². The van der Waals surface area contributed by atoms with E-state index in [1.165, 1.54) is 173 Å². The average Bonchev–Trinajstić information content (AvgIpc) is 3.56. The molecule has 4 heteroatoms. The number of amides is 1. The summed E-state index contributed by atoms with van der Waals surface area (Å²) in [5, 5.41) is 0. The number of rotatable bonds is 35. The normalized spacial score (nSPS) is 15.1. The predicted molar refractivity (Wildman–Crippen MR) is 200 cm³/mol. The molecule has 0 spiro atoms. The van der Waals surface area contributed by atoms with E-state index < -0.39 is 0 Å². The number of aliphatic imine (C=N–C) groups is 1. The first-order valence-electron chi connectivity index (χ1n) is 20.6. The average molecular weight is 632 g/mol. The molecule has 0 aromatic heterocycles. The molecule has 2 N–H and O–H groups in total. The van der Waals surface area contributed by atoms with Gasteiger partial charge in [-0.1, -0.05) is 201 Å². The Bertz CT molecular complexity index is 680. The maximum Gasteiger partial charge on any atom is 0.223 e. The van der Waals surface area contributed by atoms with E-state index in [9.17, 15) is 4.79 Å². The first-order chi connectivity index (χ1) is 22.1. The second kappa shape index (κ2) is 30.3. The molecule has 0 aromatic rings. The molecule has 0 bridgehead atoms. The van der Waals surface area contributed by atoms with Crippen LogP contribution in [0.3, 0.4) is 0 Å². The van der Waals surface area contributed by atoms with Crippen molar-refractivity contribution in [1.29, 1.82) is 0 Å². The minimum atomic E-state index is -0.371. The van der Waals surface area contributed by atoms with Gasteiger partial charge in [-0.2, -0.15) is 0 Å². The summed E-state index contributed by atoms with van der Waals surface area (Å²) in [4.78, 5) is 19.8. The smallest absolute Gasteiger partial charge is 0.223 e. The van der Waals surface area contributed by atoms with E-state index in [-0.39, 0.29) is 11.3 Å². The maximum absolute atomic E-state index is 13.2. The number of hydrogen-bond acceptors (Lipinski definition) is 3. The van der Waals surface area contributed by atoms with E-state index >= 15 is 0 Å². The third kappa shape index (κ3) is 22.2. The molecule has 1 amide bonds. The standard InChI is InChI=1S/C41H81N3O/c1-4-6-8-10-12-14-16-18-19-21-23-25-27-29-31-33-41(40(42)45,34-36-44-37-35-43-38-44)39(3)32-30-28-26-24-22-20-17-15-13-11-9-7-5-2/h38-39H,4-37H2,1-3H3,(H2,42,45). The summed E-state index contributed by atoms with van der Waals surface area (Å²) < 4.78 is 0. The van der Waals surface area contributed by atoms with Gasteiger partial charge in [-0.05, 0) is 25.2 Å². The Morgan fingerprint density at radius 3 is 1.36 bits per heavy atom. The number of nitrogens with two attached hydrogens (primary N) is 1. The zero-order chi connectivity index (χ0) is 32.7. The molecule has 0 aliphatic carbocycles. The van der Waals surface area contributed by atoms with Gasteiger partial charge in [0.2, 0.25) is 5.91 Å². The topological polar surface area (TPSA) is 58.7 Å². The largest absolute Gasteiger partial charge is 0.369 e. The van der Waals surface area contributed by atoms with Gasteiger partial charge in [-0.3, -0.25) is 9.79 Å². The van der Waals surface area contributed by atoms with Gasteiger partial charge < -0.3 is 10.6 Å². The molecule has 0 aromatic carbocycles. The van der Waals surface area contributed by atoms with Crippen molar-refractivity contribution in [2.75, 3.05) is 19.6 Å². The summed E-state index contributed by atoms with van der Waals surface area (Å²) in [6.07, 6.45) is 43.5. The number of hydrogen-bond donors (Lipinski definition) is 1. The van der Waals surface area contributed by atoms with Crippen LogP contribution in [0.2, 0.25) is 0 Å². The second-order valence-electron chi connectivity index (χ2n) is 15.0. The highest BCUT2D eigenvalue weighted by Crippen LogP contribution is 2.40. The quantitative estimate of drug-likeness (QED) is 0.0707. The lowest BCUT2D eigenvalue weighted by Crippen LogP contribution is -2.44. The van der Waals surface area contributed by atoms with Crippen molar-refractivity contribution in [2.45, 2.75) is 220 Å². The minimum Gasteiger partial charge on any atom is -0.369 e. The lowest BCUT2D eigenvalue weighted by Gasteiger charge is -2.38. The third-order valence-electron chi connectivity index (χ3n) is 11.0. The summed E-state index contributed by atoms with van der Waals surface area (Å²) >= 11 is 0. The maximum atomic E-state index is 13.2. The van der Waals surface area contributed by atoms with Crippen molar-refractivity contribution in [2.24, 2.45) is 22.1 Å². The molecule has 1 rings (SSSR count). The molecule has 0 fully saturated rings. The first kappa shape index (κ1) is 42.0. The van der Waals surface area contributed by atoms with Crippen LogP contribution in [0.1, 0.15) is 220 Å². The van der Waals surface area contributed by atoms with Crippen LogP contribution >= 0.6 is 0 Å². The minimum absolute atomic E-state index is 0.0498. The van der Waals surface area contributed by atoms with Crippen molar-refractivity contribution < 1.29 is 4.79 Å². The van der Waals surface area contributed by atoms with Crippen molar-refractivity contribution in [1.82, 2.24) is 4.90 Å². The van der Waals surface area contributed by atoms with Crippen molar-refractivity contribution in [3.05, 3.63) is 0 Å². The van der Waals surface area contributed by atoms with E-state index in [1.54, 1.807) is 0 Å². The highest BCUT2D eigenvalue weighted by molar-refractivity contribution is 5.81. The van der Waals surface area contributed by atoms with Gasteiger partial charge in [-0.25, -0.2) is 0 Å². The van der Waals surface area contributed by atoms with Gasteiger partial charge >= 0.3 is 0 Å². The molecule has 266 valence electrons. The van der Waals surface area contributed by atoms with E-state index in [1.807, 2.05) is 6.34 Å². The molecular formula is C41H81N3O. The number of carbonyl (C=O) groups excluding carboxylic acids is 1. The molecule has 2 atom stereocenters. The Labute approximate surface area is 282 Å². The molecule has 4 nitrogen and oxygen atoms in total. The van der Waals surface area contributed by atoms with Crippen LogP contribution in [0.5, 0.6) is 0 Å². The van der Waals surface area contributed by atoms with Crippen LogP contribution in [0.15, 0.2) is 4.99 Å². The third-order valence-corrected chi connectivity index (χ3v) is 11.0. The molecule has 45 heavy (non-hydrogen) atoms. The Hall–Kier alpha value is -1.06. The van der Waals surface area contributed by atoms with E-state index in [0.29, 0.717) is 5.92 Å². The Balaban J connectivity index is 2.27. The fourth-order valence-electron chi connectivity index (χ4n) is 7.59. The fraction of sp³-hybridized carbons (Fsp3) is 0.951. The highest BCUT2D eigenvalue weighted by atomic mass is 16.1. The number of unbranched alkanes of at least 4 members (excludes halogenated alkanes) is 26. The lowest BCUT2D eigenvalue weighted by atomic mass is 9.67. The SMILES string of the molecule is CCCCCCCCCCCCCCCCCC(CCN1C=NCC1)(C(N)=O)C(C)CCCCCCCCCCCCCCC. The van der Waals surface area contributed by atoms with Crippen LogP contribution in [-0.4, -0.2) is 36.8 Å². The molecular weight excluding hydrogens is 550 g/mol. The van der Waals surface area contributed by atoms with E-state index in [2.05, 4.69) is 30.7 Å². The number of nitrogens with zero attached hydrogens (tertiary/aromatic N) is 2. The zero-order valence-corrected chi connectivity index (χ0v) is 31.1. The van der Waals surface area contributed by atoms with E-state index in [0.717, 1.165) is 45.3 Å². The van der Waals surface area contributed by atoms with Gasteiger partial charge in [0, 0.05) is 13.1 Å². The van der Waals surface area contributed by atoms with Gasteiger partial charge in [0.05, 0.1) is 18.3 Å². The molecule has 0 saturated carbocycles. The summed E-state index contributed by atoms with van der Waals surface area (Å²) in [5.41, 5.74) is 5.90. The van der Waals surface area contributed by atoms with Crippen LogP contribution in [0.4, 0.5) is 0 Å². The van der Waals surface area contributed by atoms with Gasteiger partial charge in [0.1, 0.15) is 0 Å². The van der Waals surface area contributed by atoms with Crippen LogP contribution in [0, 0.1) is 11.3 Å². The summed E-state index contributed by atoms with van der Waals surface area (Å²) in [7, 11) is 0. The van der Waals surface area contributed by atoms with Crippen LogP contribution in [-0.2, 0) is 4.79 Å². The highest BCUT2D eigenvalue weighted by Gasteiger charge is 2.41. The number of primary amides is 1. The van der Waals surface area contributed by atoms with Gasteiger partial charge in [0.25, 0.3) is 0 Å². The molecule has 1 aliphatic rings. The first-order valence-corrected chi connectivity index (χ1v) is 20.6. The summed E-state index contributed by atoms with van der Waals surface area (Å²) in [6.45, 7) is 9.70. The predicted octanol–water partition coefficient (Wildman–Crippen LogP) is 12.6. The molecule has 2 unspecified atom stereocenters. The molecule has 0 radical (unpaired) electrons. The van der Waals surface area contributed by atoms with Gasteiger partial charge in [0.15, 0.2) is 0 Å². The van der Waals surface area contributed by atoms with Crippen molar-refractivity contribution in [3.63, 3.8) is 0 Å². The van der Waals surface area contributed by atoms with Crippen molar-refractivity contribution >= 4 is 12.2 Å². The van der Waals surface area contributed by atoms with Crippen LogP contribution < -0.4 is 5.73 Å². The van der Waals surface area contributed by atoms with E-state index in [4.69, 9.17) is 5.73 Å². The number of carbonyl (C=O) groups is 1. The van der Waals surface area contributed by atoms with Crippen molar-refractivity contribution in [3.8, 4) is 0 Å². The Morgan fingerprint density at radius 2 is 1.00 bits per heavy atom. The second-order valence-corrected chi connectivity index (χ2v) is 15.0. The molecule has 1 aliphatic heterocycles. The Kier molecular flexibility index (Phi) is 28.2. The summed E-state index contributed by atoms with van der Waals surface area (Å²) in [5.74, 6) is 0.306. The fourth-order valence-corrected chi connectivity index (χ4v) is 7.59. The molecule has 1 heterocycles. The zero-order valence-electron chi connectivity index (χ0n) is 31.1.